The van der Waals surface area contributed by atoms with Crippen molar-refractivity contribution in [2.45, 2.75) is 62.9 Å². The van der Waals surface area contributed by atoms with E-state index in [9.17, 15) is 8.42 Å². The van der Waals surface area contributed by atoms with Gasteiger partial charge in [0.2, 0.25) is 16.0 Å². The van der Waals surface area contributed by atoms with Crippen LogP contribution in [0.4, 0.5) is 5.95 Å². The largest absolute Gasteiger partial charge is 0.485 e. The van der Waals surface area contributed by atoms with Crippen molar-refractivity contribution < 1.29 is 13.2 Å². The SMILES string of the molecule is CS(=O)(=O)N1CC=C(c2cc3c(cn2)OC2(C3)CC3(CCN(c4ncc(C5CC5)cn4)CC3)C2)CC1. The number of anilines is 1. The first-order valence-corrected chi connectivity index (χ1v) is 15.0. The minimum absolute atomic E-state index is 0.0821. The Labute approximate surface area is 212 Å². The number of sulfonamides is 1. The van der Waals surface area contributed by atoms with Crippen molar-refractivity contribution in [3.8, 4) is 5.75 Å². The third kappa shape index (κ3) is 4.00. The smallest absolute Gasteiger partial charge is 0.225 e. The minimum atomic E-state index is -3.15. The Morgan fingerprint density at radius 3 is 2.42 bits per heavy atom. The number of hydrogen-bond donors (Lipinski definition) is 0. The summed E-state index contributed by atoms with van der Waals surface area (Å²) in [6.07, 6.45) is 17.9. The lowest BCUT2D eigenvalue weighted by Crippen LogP contribution is -2.58. The van der Waals surface area contributed by atoms with Crippen LogP contribution in [0.25, 0.3) is 5.57 Å². The van der Waals surface area contributed by atoms with Gasteiger partial charge in [0.15, 0.2) is 0 Å². The maximum atomic E-state index is 11.8. The van der Waals surface area contributed by atoms with Crippen molar-refractivity contribution >= 4 is 21.5 Å². The highest BCUT2D eigenvalue weighted by atomic mass is 32.2. The summed E-state index contributed by atoms with van der Waals surface area (Å²) in [6.45, 7) is 2.95. The van der Waals surface area contributed by atoms with Gasteiger partial charge < -0.3 is 9.64 Å². The molecule has 0 bridgehead atoms. The number of fused-ring (bicyclic) bond motifs is 1. The van der Waals surface area contributed by atoms with Gasteiger partial charge >= 0.3 is 0 Å². The number of ether oxygens (including phenoxy) is 1. The van der Waals surface area contributed by atoms with E-state index < -0.39 is 10.0 Å². The van der Waals surface area contributed by atoms with Gasteiger partial charge in [0.05, 0.1) is 18.1 Å². The first kappa shape index (κ1) is 22.7. The second-order valence-electron chi connectivity index (χ2n) is 11.7. The van der Waals surface area contributed by atoms with E-state index in [-0.39, 0.29) is 5.60 Å². The second kappa shape index (κ2) is 7.99. The van der Waals surface area contributed by atoms with Gasteiger partial charge in [-0.2, -0.15) is 4.31 Å². The van der Waals surface area contributed by atoms with Gasteiger partial charge in [-0.3, -0.25) is 4.98 Å². The average molecular weight is 508 g/mol. The van der Waals surface area contributed by atoms with Crippen LogP contribution in [-0.2, 0) is 16.4 Å². The van der Waals surface area contributed by atoms with Crippen LogP contribution >= 0.6 is 0 Å². The van der Waals surface area contributed by atoms with E-state index in [4.69, 9.17) is 4.74 Å². The zero-order valence-corrected chi connectivity index (χ0v) is 21.6. The molecule has 2 aromatic heterocycles. The fourth-order valence-corrected chi connectivity index (χ4v) is 7.63. The van der Waals surface area contributed by atoms with Crippen molar-refractivity contribution in [2.24, 2.45) is 5.41 Å². The molecule has 0 aromatic carbocycles. The molecule has 0 N–H and O–H groups in total. The number of nitrogens with zero attached hydrogens (tertiary/aromatic N) is 5. The van der Waals surface area contributed by atoms with Crippen LogP contribution in [0.2, 0.25) is 0 Å². The van der Waals surface area contributed by atoms with Crippen LogP contribution in [0.1, 0.15) is 67.7 Å². The molecule has 0 unspecified atom stereocenters. The zero-order chi connectivity index (χ0) is 24.5. The van der Waals surface area contributed by atoms with Crippen LogP contribution in [0.3, 0.4) is 0 Å². The molecule has 0 atom stereocenters. The Bertz CT molecular complexity index is 1320. The molecule has 8 nitrogen and oxygen atoms in total. The maximum absolute atomic E-state index is 11.8. The topological polar surface area (TPSA) is 88.5 Å². The van der Waals surface area contributed by atoms with Crippen molar-refractivity contribution in [1.29, 1.82) is 0 Å². The number of rotatable bonds is 4. The highest BCUT2D eigenvalue weighted by molar-refractivity contribution is 7.88. The third-order valence-electron chi connectivity index (χ3n) is 8.97. The van der Waals surface area contributed by atoms with Gasteiger partial charge in [-0.1, -0.05) is 6.08 Å². The summed E-state index contributed by atoms with van der Waals surface area (Å²) in [5, 5.41) is 0. The highest BCUT2D eigenvalue weighted by Gasteiger charge is 2.59. The normalized spacial score (nSPS) is 24.8. The minimum Gasteiger partial charge on any atom is -0.485 e. The molecule has 9 heteroatoms. The van der Waals surface area contributed by atoms with Crippen molar-refractivity contribution in [1.82, 2.24) is 19.3 Å². The number of pyridine rings is 1. The molecule has 2 spiro atoms. The van der Waals surface area contributed by atoms with Crippen LogP contribution in [-0.4, -0.2) is 65.7 Å². The van der Waals surface area contributed by atoms with Crippen LogP contribution in [0.5, 0.6) is 5.75 Å². The summed E-state index contributed by atoms with van der Waals surface area (Å²) >= 11 is 0. The predicted molar refractivity (Wildman–Crippen MR) is 137 cm³/mol. The van der Waals surface area contributed by atoms with E-state index in [1.165, 1.54) is 34.5 Å². The Morgan fingerprint density at radius 1 is 1.03 bits per heavy atom. The van der Waals surface area contributed by atoms with Crippen LogP contribution in [0, 0.1) is 5.41 Å². The predicted octanol–water partition coefficient (Wildman–Crippen LogP) is 3.55. The second-order valence-corrected chi connectivity index (χ2v) is 13.7. The Morgan fingerprint density at radius 2 is 1.78 bits per heavy atom. The zero-order valence-electron chi connectivity index (χ0n) is 20.8. The fourth-order valence-electron chi connectivity index (χ4n) is 6.86. The summed E-state index contributed by atoms with van der Waals surface area (Å²) in [7, 11) is -3.15. The Hall–Kier alpha value is -2.52. The molecule has 3 aliphatic heterocycles. The Kier molecular flexibility index (Phi) is 5.03. The highest BCUT2D eigenvalue weighted by Crippen LogP contribution is 2.60. The van der Waals surface area contributed by atoms with Gasteiger partial charge in [0.25, 0.3) is 0 Å². The molecular formula is C27H33N5O3S. The van der Waals surface area contributed by atoms with E-state index >= 15 is 0 Å². The lowest BCUT2D eigenvalue weighted by atomic mass is 9.54. The van der Waals surface area contributed by atoms with Gasteiger partial charge in [-0.05, 0) is 73.5 Å². The summed E-state index contributed by atoms with van der Waals surface area (Å²) in [5.41, 5.74) is 4.90. The van der Waals surface area contributed by atoms with Gasteiger partial charge in [0.1, 0.15) is 11.4 Å². The molecule has 2 aromatic rings. The molecule has 36 heavy (non-hydrogen) atoms. The molecule has 2 saturated carbocycles. The van der Waals surface area contributed by atoms with Crippen LogP contribution in [0.15, 0.2) is 30.7 Å². The van der Waals surface area contributed by atoms with Crippen LogP contribution < -0.4 is 9.64 Å². The van der Waals surface area contributed by atoms with Crippen molar-refractivity contribution in [3.05, 3.63) is 47.6 Å². The summed E-state index contributed by atoms with van der Waals surface area (Å²) in [6, 6.07) is 2.17. The van der Waals surface area contributed by atoms with E-state index in [1.54, 1.807) is 0 Å². The number of hydrogen-bond acceptors (Lipinski definition) is 7. The van der Waals surface area contributed by atoms with E-state index in [0.29, 0.717) is 30.8 Å². The molecule has 1 saturated heterocycles. The fraction of sp³-hybridized carbons (Fsp3) is 0.593. The summed E-state index contributed by atoms with van der Waals surface area (Å²) in [5.74, 6) is 2.49. The maximum Gasteiger partial charge on any atom is 0.225 e. The average Bonchev–Trinajstić information content (AvgIpc) is 3.64. The molecular weight excluding hydrogens is 474 g/mol. The number of piperidine rings is 1. The van der Waals surface area contributed by atoms with E-state index in [2.05, 4.69) is 25.9 Å². The lowest BCUT2D eigenvalue weighted by molar-refractivity contribution is -0.106. The van der Waals surface area contributed by atoms with Crippen molar-refractivity contribution in [2.75, 3.05) is 37.3 Å². The lowest BCUT2D eigenvalue weighted by Gasteiger charge is -2.57. The summed E-state index contributed by atoms with van der Waals surface area (Å²) in [4.78, 5) is 16.3. The molecule has 2 aliphatic carbocycles. The Balaban J connectivity index is 0.974. The standard InChI is InChI=1S/C27H33N5O3S/c1-36(33,34)32-8-4-20(5-9-32)23-12-21-13-27(35-24(21)16-28-23)17-26(18-27)6-10-31(11-7-26)25-29-14-22(15-30-25)19-2-3-19/h4,12,14-16,19H,2-3,5-11,13,17-18H2,1H3. The molecule has 3 fully saturated rings. The monoisotopic (exact) mass is 507 g/mol. The first-order chi connectivity index (χ1) is 17.3. The molecule has 190 valence electrons. The van der Waals surface area contributed by atoms with E-state index in [0.717, 1.165) is 68.2 Å². The molecule has 5 aliphatic rings. The molecule has 0 amide bonds. The molecule has 7 rings (SSSR count). The van der Waals surface area contributed by atoms with Gasteiger partial charge in [-0.15, -0.1) is 0 Å². The molecule has 0 radical (unpaired) electrons. The quantitative estimate of drug-likeness (QED) is 0.625. The molecule has 5 heterocycles. The van der Waals surface area contributed by atoms with E-state index in [1.807, 2.05) is 24.7 Å². The third-order valence-corrected chi connectivity index (χ3v) is 10.2. The van der Waals surface area contributed by atoms with Gasteiger partial charge in [-0.25, -0.2) is 18.4 Å². The van der Waals surface area contributed by atoms with Gasteiger partial charge in [0, 0.05) is 50.6 Å². The number of aromatic nitrogens is 3. The van der Waals surface area contributed by atoms with Crippen molar-refractivity contribution in [3.63, 3.8) is 0 Å². The summed E-state index contributed by atoms with van der Waals surface area (Å²) < 4.78 is 31.6. The first-order valence-electron chi connectivity index (χ1n) is 13.2.